The van der Waals surface area contributed by atoms with E-state index in [1.165, 1.54) is 32.1 Å². The first-order valence-electron chi connectivity index (χ1n) is 9.41. The maximum absolute atomic E-state index is 12.0. The summed E-state index contributed by atoms with van der Waals surface area (Å²) in [5, 5.41) is 7.83. The van der Waals surface area contributed by atoms with Crippen LogP contribution in [0.4, 0.5) is 16.2 Å². The van der Waals surface area contributed by atoms with Gasteiger partial charge in [0.15, 0.2) is 0 Å². The van der Waals surface area contributed by atoms with Gasteiger partial charge < -0.3 is 15.5 Å². The molecule has 0 bridgehead atoms. The van der Waals surface area contributed by atoms with Crippen LogP contribution in [0.15, 0.2) is 24.3 Å². The van der Waals surface area contributed by atoms with Gasteiger partial charge in [0, 0.05) is 51.1 Å². The molecule has 1 aromatic rings. The summed E-state index contributed by atoms with van der Waals surface area (Å²) in [5.41, 5.74) is 2.04. The van der Waals surface area contributed by atoms with E-state index in [-0.39, 0.29) is 5.91 Å². The maximum atomic E-state index is 12.0. The van der Waals surface area contributed by atoms with Gasteiger partial charge in [-0.3, -0.25) is 15.0 Å². The van der Waals surface area contributed by atoms with Crippen molar-refractivity contribution in [2.45, 2.75) is 25.8 Å². The van der Waals surface area contributed by atoms with Gasteiger partial charge in [-0.05, 0) is 43.9 Å². The number of nitrogens with one attached hydrogen (secondary N) is 3. The number of nitrogens with zero attached hydrogens (tertiary/aromatic N) is 2. The zero-order chi connectivity index (χ0) is 18.5. The summed E-state index contributed by atoms with van der Waals surface area (Å²) in [5.74, 6) is 0.583. The molecule has 3 N–H and O–H groups in total. The second-order valence-electron chi connectivity index (χ2n) is 7.22. The summed E-state index contributed by atoms with van der Waals surface area (Å²) in [6.45, 7) is 7.28. The minimum atomic E-state index is -0.502. The van der Waals surface area contributed by atoms with Crippen molar-refractivity contribution < 1.29 is 9.59 Å². The molecule has 0 aromatic heterocycles. The van der Waals surface area contributed by atoms with Gasteiger partial charge in [-0.2, -0.15) is 0 Å². The minimum absolute atomic E-state index is 0.358. The molecule has 2 fully saturated rings. The predicted octanol–water partition coefficient (Wildman–Crippen LogP) is 1.47. The van der Waals surface area contributed by atoms with E-state index in [0.717, 1.165) is 37.8 Å². The standard InChI is InChI=1S/C19H29N5O2/c1-14(18(25)22-19(26)20-2)21-16-4-3-5-17(12-16)24-10-8-23(9-11-24)13-15-6-7-15/h3-5,12,14-15,21H,6-11,13H2,1-2H3,(H2,20,22,25,26)/t14-/m0/s1. The Morgan fingerprint density at radius 3 is 2.58 bits per heavy atom. The minimum Gasteiger partial charge on any atom is -0.374 e. The zero-order valence-corrected chi connectivity index (χ0v) is 15.6. The number of hydrogen-bond acceptors (Lipinski definition) is 5. The topological polar surface area (TPSA) is 76.7 Å². The Morgan fingerprint density at radius 1 is 1.19 bits per heavy atom. The highest BCUT2D eigenvalue weighted by molar-refractivity contribution is 5.97. The largest absolute Gasteiger partial charge is 0.374 e. The first-order chi connectivity index (χ1) is 12.5. The first kappa shape index (κ1) is 18.5. The van der Waals surface area contributed by atoms with E-state index in [1.54, 1.807) is 6.92 Å². The predicted molar refractivity (Wildman–Crippen MR) is 104 cm³/mol. The Hall–Kier alpha value is -2.28. The van der Waals surface area contributed by atoms with Gasteiger partial charge in [0.05, 0.1) is 0 Å². The smallest absolute Gasteiger partial charge is 0.321 e. The molecule has 0 spiro atoms. The van der Waals surface area contributed by atoms with Crippen LogP contribution in [0.2, 0.25) is 0 Å². The quantitative estimate of drug-likeness (QED) is 0.717. The van der Waals surface area contributed by atoms with Crippen LogP contribution >= 0.6 is 0 Å². The highest BCUT2D eigenvalue weighted by Crippen LogP contribution is 2.30. The van der Waals surface area contributed by atoms with Crippen molar-refractivity contribution in [1.29, 1.82) is 0 Å². The summed E-state index contributed by atoms with van der Waals surface area (Å²) >= 11 is 0. The number of anilines is 2. The molecule has 26 heavy (non-hydrogen) atoms. The second kappa shape index (κ2) is 8.40. The fourth-order valence-electron chi connectivity index (χ4n) is 3.24. The van der Waals surface area contributed by atoms with E-state index < -0.39 is 12.1 Å². The molecule has 142 valence electrons. The fourth-order valence-corrected chi connectivity index (χ4v) is 3.24. The summed E-state index contributed by atoms with van der Waals surface area (Å²) < 4.78 is 0. The summed E-state index contributed by atoms with van der Waals surface area (Å²) in [7, 11) is 1.48. The molecular weight excluding hydrogens is 330 g/mol. The molecule has 7 nitrogen and oxygen atoms in total. The van der Waals surface area contributed by atoms with Gasteiger partial charge >= 0.3 is 6.03 Å². The summed E-state index contributed by atoms with van der Waals surface area (Å²) in [4.78, 5) is 28.2. The number of carbonyl (C=O) groups excluding carboxylic acids is 2. The lowest BCUT2D eigenvalue weighted by Gasteiger charge is -2.36. The van der Waals surface area contributed by atoms with Crippen LogP contribution in [-0.4, -0.2) is 62.7 Å². The summed E-state index contributed by atoms with van der Waals surface area (Å²) in [6, 6.07) is 7.12. The molecule has 7 heteroatoms. The van der Waals surface area contributed by atoms with E-state index in [4.69, 9.17) is 0 Å². The molecule has 1 aromatic carbocycles. The number of imide groups is 1. The average Bonchev–Trinajstić information content (AvgIpc) is 3.46. The highest BCUT2D eigenvalue weighted by atomic mass is 16.2. The Kier molecular flexibility index (Phi) is 5.98. The zero-order valence-electron chi connectivity index (χ0n) is 15.6. The molecule has 1 aliphatic heterocycles. The molecule has 1 saturated carbocycles. The van der Waals surface area contributed by atoms with Crippen molar-refractivity contribution in [2.24, 2.45) is 5.92 Å². The molecule has 0 unspecified atom stereocenters. The average molecular weight is 359 g/mol. The van der Waals surface area contributed by atoms with Gasteiger partial charge in [0.25, 0.3) is 0 Å². The third-order valence-corrected chi connectivity index (χ3v) is 5.04. The van der Waals surface area contributed by atoms with Gasteiger partial charge in [-0.15, -0.1) is 0 Å². The molecule has 1 aliphatic carbocycles. The number of hydrogen-bond donors (Lipinski definition) is 3. The van der Waals surface area contributed by atoms with Crippen LogP contribution in [0, 0.1) is 5.92 Å². The van der Waals surface area contributed by atoms with Crippen LogP contribution in [0.1, 0.15) is 19.8 Å². The fraction of sp³-hybridized carbons (Fsp3) is 0.579. The SMILES string of the molecule is CNC(=O)NC(=O)[C@H](C)Nc1cccc(N2CCN(CC3CC3)CC2)c1. The van der Waals surface area contributed by atoms with Gasteiger partial charge in [-0.1, -0.05) is 6.07 Å². The van der Waals surface area contributed by atoms with Crippen molar-refractivity contribution in [3.8, 4) is 0 Å². The van der Waals surface area contributed by atoms with Crippen LogP contribution < -0.4 is 20.9 Å². The number of rotatable bonds is 6. The molecule has 1 heterocycles. The number of urea groups is 1. The number of piperazine rings is 1. The molecule has 3 amide bonds. The summed E-state index contributed by atoms with van der Waals surface area (Å²) in [6.07, 6.45) is 2.80. The Morgan fingerprint density at radius 2 is 1.92 bits per heavy atom. The third-order valence-electron chi connectivity index (χ3n) is 5.04. The monoisotopic (exact) mass is 359 g/mol. The Labute approximate surface area is 155 Å². The second-order valence-corrected chi connectivity index (χ2v) is 7.22. The van der Waals surface area contributed by atoms with E-state index >= 15 is 0 Å². The van der Waals surface area contributed by atoms with Crippen molar-refractivity contribution in [3.63, 3.8) is 0 Å². The van der Waals surface area contributed by atoms with Crippen LogP contribution in [0.5, 0.6) is 0 Å². The Balaban J connectivity index is 1.53. The normalized spacial score (nSPS) is 18.9. The van der Waals surface area contributed by atoms with Crippen molar-refractivity contribution in [2.75, 3.05) is 50.0 Å². The van der Waals surface area contributed by atoms with Crippen LogP contribution in [-0.2, 0) is 4.79 Å². The lowest BCUT2D eigenvalue weighted by molar-refractivity contribution is -0.120. The third kappa shape index (κ3) is 5.11. The van der Waals surface area contributed by atoms with E-state index in [1.807, 2.05) is 12.1 Å². The Bertz CT molecular complexity index is 639. The van der Waals surface area contributed by atoms with Crippen molar-refractivity contribution in [3.05, 3.63) is 24.3 Å². The van der Waals surface area contributed by atoms with E-state index in [2.05, 4.69) is 37.9 Å². The number of benzene rings is 1. The van der Waals surface area contributed by atoms with Gasteiger partial charge in [0.2, 0.25) is 5.91 Å². The number of amides is 3. The molecular formula is C19H29N5O2. The molecule has 2 aliphatic rings. The van der Waals surface area contributed by atoms with Crippen molar-refractivity contribution >= 4 is 23.3 Å². The maximum Gasteiger partial charge on any atom is 0.321 e. The van der Waals surface area contributed by atoms with Gasteiger partial charge in [0.1, 0.15) is 6.04 Å². The van der Waals surface area contributed by atoms with Crippen molar-refractivity contribution in [1.82, 2.24) is 15.5 Å². The van der Waals surface area contributed by atoms with Gasteiger partial charge in [-0.25, -0.2) is 4.79 Å². The molecule has 3 rings (SSSR count). The van der Waals surface area contributed by atoms with Crippen LogP contribution in [0.25, 0.3) is 0 Å². The van der Waals surface area contributed by atoms with E-state index in [9.17, 15) is 9.59 Å². The lowest BCUT2D eigenvalue weighted by Crippen LogP contribution is -2.47. The lowest BCUT2D eigenvalue weighted by atomic mass is 10.2. The first-order valence-corrected chi connectivity index (χ1v) is 9.41. The highest BCUT2D eigenvalue weighted by Gasteiger charge is 2.26. The molecule has 1 atom stereocenters. The molecule has 0 radical (unpaired) electrons. The molecule has 1 saturated heterocycles. The number of carbonyl (C=O) groups is 2. The van der Waals surface area contributed by atoms with Crippen LogP contribution in [0.3, 0.4) is 0 Å². The van der Waals surface area contributed by atoms with E-state index in [0.29, 0.717) is 0 Å².